The van der Waals surface area contributed by atoms with E-state index in [1.807, 2.05) is 50.8 Å². The molecule has 2 aromatic carbocycles. The molecule has 0 spiro atoms. The van der Waals surface area contributed by atoms with E-state index in [-0.39, 0.29) is 36.2 Å². The first kappa shape index (κ1) is 23.8. The molecule has 0 N–H and O–H groups in total. The summed E-state index contributed by atoms with van der Waals surface area (Å²) >= 11 is 0. The summed E-state index contributed by atoms with van der Waals surface area (Å²) in [6, 6.07) is 11.8. The van der Waals surface area contributed by atoms with Crippen molar-refractivity contribution < 1.29 is 18.7 Å². The highest BCUT2D eigenvalue weighted by Gasteiger charge is 2.32. The Morgan fingerprint density at radius 1 is 1.12 bits per heavy atom. The van der Waals surface area contributed by atoms with Crippen molar-refractivity contribution in [3.63, 3.8) is 0 Å². The maximum atomic E-state index is 13.6. The van der Waals surface area contributed by atoms with Crippen molar-refractivity contribution in [1.29, 1.82) is 0 Å². The summed E-state index contributed by atoms with van der Waals surface area (Å²) < 4.78 is 19.4. The van der Waals surface area contributed by atoms with Crippen molar-refractivity contribution in [1.82, 2.24) is 9.80 Å². The van der Waals surface area contributed by atoms with Crippen molar-refractivity contribution in [3.05, 3.63) is 65.0 Å². The Bertz CT molecular complexity index is 939. The summed E-state index contributed by atoms with van der Waals surface area (Å²) in [6.07, 6.45) is 1.21. The molecule has 1 aliphatic rings. The number of ether oxygens (including phenoxy) is 1. The van der Waals surface area contributed by atoms with Gasteiger partial charge in [0.2, 0.25) is 5.91 Å². The molecule has 2 amide bonds. The highest BCUT2D eigenvalue weighted by atomic mass is 19.1. The van der Waals surface area contributed by atoms with Gasteiger partial charge in [-0.15, -0.1) is 0 Å². The fourth-order valence-electron chi connectivity index (χ4n) is 4.24. The molecule has 1 heterocycles. The highest BCUT2D eigenvalue weighted by Crippen LogP contribution is 2.38. The molecule has 2 aromatic rings. The number of amides is 2. The van der Waals surface area contributed by atoms with Gasteiger partial charge in [0, 0.05) is 26.1 Å². The Kier molecular flexibility index (Phi) is 7.89. The van der Waals surface area contributed by atoms with Gasteiger partial charge in [-0.25, -0.2) is 4.39 Å². The lowest BCUT2D eigenvalue weighted by Gasteiger charge is -2.38. The monoisotopic (exact) mass is 440 g/mol. The topological polar surface area (TPSA) is 49.9 Å². The predicted molar refractivity (Wildman–Crippen MR) is 123 cm³/mol. The third kappa shape index (κ3) is 5.47. The van der Waals surface area contributed by atoms with Gasteiger partial charge in [0.25, 0.3) is 5.91 Å². The number of hydrogen-bond acceptors (Lipinski definition) is 3. The lowest BCUT2D eigenvalue weighted by Crippen LogP contribution is -2.41. The molecule has 1 aliphatic heterocycles. The summed E-state index contributed by atoms with van der Waals surface area (Å²) in [6.45, 7) is 9.81. The van der Waals surface area contributed by atoms with Crippen molar-refractivity contribution in [2.45, 2.75) is 46.6 Å². The van der Waals surface area contributed by atoms with E-state index < -0.39 is 0 Å². The van der Waals surface area contributed by atoms with E-state index in [0.717, 1.165) is 23.1 Å². The van der Waals surface area contributed by atoms with Crippen LogP contribution in [0.2, 0.25) is 0 Å². The van der Waals surface area contributed by atoms with Gasteiger partial charge in [-0.3, -0.25) is 9.59 Å². The molecule has 0 aromatic heterocycles. The molecule has 0 aliphatic carbocycles. The van der Waals surface area contributed by atoms with Gasteiger partial charge in [-0.05, 0) is 67.1 Å². The Balaban J connectivity index is 1.92. The van der Waals surface area contributed by atoms with Crippen molar-refractivity contribution in [2.75, 3.05) is 26.2 Å². The molecule has 172 valence electrons. The molecule has 3 rings (SSSR count). The number of hydrogen-bond donors (Lipinski definition) is 0. The van der Waals surface area contributed by atoms with Crippen LogP contribution in [0, 0.1) is 11.7 Å². The molecule has 5 nitrogen and oxygen atoms in total. The normalized spacial score (nSPS) is 15.4. The van der Waals surface area contributed by atoms with Gasteiger partial charge in [0.05, 0.1) is 6.04 Å². The molecule has 0 unspecified atom stereocenters. The third-order valence-electron chi connectivity index (χ3n) is 5.91. The van der Waals surface area contributed by atoms with Crippen LogP contribution >= 0.6 is 0 Å². The van der Waals surface area contributed by atoms with Gasteiger partial charge < -0.3 is 14.5 Å². The van der Waals surface area contributed by atoms with E-state index in [9.17, 15) is 14.0 Å². The minimum absolute atomic E-state index is 0.0301. The van der Waals surface area contributed by atoms with Crippen LogP contribution in [0.4, 0.5) is 4.39 Å². The molecular formula is C26H33FN2O3. The molecule has 6 heteroatoms. The van der Waals surface area contributed by atoms with E-state index in [1.54, 1.807) is 17.0 Å². The zero-order chi connectivity index (χ0) is 23.3. The minimum Gasteiger partial charge on any atom is -0.484 e. The average molecular weight is 441 g/mol. The number of rotatable bonds is 8. The highest BCUT2D eigenvalue weighted by molar-refractivity contribution is 5.78. The summed E-state index contributed by atoms with van der Waals surface area (Å²) in [5.41, 5.74) is 2.96. The van der Waals surface area contributed by atoms with Crippen LogP contribution in [0.5, 0.6) is 5.75 Å². The smallest absolute Gasteiger partial charge is 0.260 e. The zero-order valence-electron chi connectivity index (χ0n) is 19.4. The molecule has 0 fully saturated rings. The van der Waals surface area contributed by atoms with Crippen LogP contribution < -0.4 is 4.74 Å². The fourth-order valence-corrected chi connectivity index (χ4v) is 4.24. The van der Waals surface area contributed by atoms with Crippen molar-refractivity contribution in [2.24, 2.45) is 5.92 Å². The summed E-state index contributed by atoms with van der Waals surface area (Å²) in [4.78, 5) is 29.0. The van der Waals surface area contributed by atoms with E-state index in [4.69, 9.17) is 4.74 Å². The molecule has 0 saturated carbocycles. The van der Waals surface area contributed by atoms with Gasteiger partial charge >= 0.3 is 0 Å². The number of carbonyl (C=O) groups is 2. The molecule has 0 bridgehead atoms. The number of halogens is 1. The number of likely N-dealkylation sites (N-methyl/N-ethyl adjacent to an activating group) is 1. The standard InChI is InChI=1S/C26H33FN2O3/c1-5-28(6-2)25(31)17-32-22-12-9-19-13-14-29(24(30)15-18(3)4)26(23(19)16-22)20-7-10-21(27)11-8-20/h7-12,16,18,26H,5-6,13-15,17H2,1-4H3/t26-/m0/s1. The van der Waals surface area contributed by atoms with Crippen molar-refractivity contribution in [3.8, 4) is 5.75 Å². The van der Waals surface area contributed by atoms with Crippen LogP contribution in [-0.2, 0) is 16.0 Å². The van der Waals surface area contributed by atoms with Gasteiger partial charge in [-0.2, -0.15) is 0 Å². The lowest BCUT2D eigenvalue weighted by molar-refractivity contribution is -0.134. The molecule has 1 atom stereocenters. The van der Waals surface area contributed by atoms with Gasteiger partial charge in [0.15, 0.2) is 6.61 Å². The predicted octanol–water partition coefficient (Wildman–Crippen LogP) is 4.59. The molecule has 32 heavy (non-hydrogen) atoms. The second-order valence-electron chi connectivity index (χ2n) is 8.60. The van der Waals surface area contributed by atoms with Crippen molar-refractivity contribution >= 4 is 11.8 Å². The first-order valence-electron chi connectivity index (χ1n) is 11.4. The van der Waals surface area contributed by atoms with E-state index in [0.29, 0.717) is 31.8 Å². The first-order chi connectivity index (χ1) is 15.3. The van der Waals surface area contributed by atoms with Gasteiger partial charge in [-0.1, -0.05) is 32.0 Å². The van der Waals surface area contributed by atoms with Crippen LogP contribution in [0.1, 0.15) is 56.8 Å². The Morgan fingerprint density at radius 3 is 2.44 bits per heavy atom. The number of benzene rings is 2. The van der Waals surface area contributed by atoms with Crippen LogP contribution in [0.25, 0.3) is 0 Å². The second kappa shape index (κ2) is 10.6. The molecule has 0 saturated heterocycles. The fraction of sp³-hybridized carbons (Fsp3) is 0.462. The quantitative estimate of drug-likeness (QED) is 0.603. The van der Waals surface area contributed by atoms with Crippen LogP contribution in [0.3, 0.4) is 0 Å². The largest absolute Gasteiger partial charge is 0.484 e. The molecule has 0 radical (unpaired) electrons. The Labute approximate surface area is 190 Å². The van der Waals surface area contributed by atoms with Crippen LogP contribution in [-0.4, -0.2) is 47.9 Å². The number of fused-ring (bicyclic) bond motifs is 1. The second-order valence-corrected chi connectivity index (χ2v) is 8.60. The zero-order valence-corrected chi connectivity index (χ0v) is 19.4. The number of nitrogens with zero attached hydrogens (tertiary/aromatic N) is 2. The maximum Gasteiger partial charge on any atom is 0.260 e. The SMILES string of the molecule is CCN(CC)C(=O)COc1ccc2c(c1)[C@H](c1ccc(F)cc1)N(C(=O)CC(C)C)CC2. The van der Waals surface area contributed by atoms with Crippen LogP contribution in [0.15, 0.2) is 42.5 Å². The van der Waals surface area contributed by atoms with E-state index >= 15 is 0 Å². The van der Waals surface area contributed by atoms with E-state index in [1.165, 1.54) is 12.1 Å². The van der Waals surface area contributed by atoms with E-state index in [2.05, 4.69) is 0 Å². The maximum absolute atomic E-state index is 13.6. The summed E-state index contributed by atoms with van der Waals surface area (Å²) in [5.74, 6) is 0.560. The third-order valence-corrected chi connectivity index (χ3v) is 5.91. The minimum atomic E-state index is -0.312. The number of carbonyl (C=O) groups excluding carboxylic acids is 2. The Morgan fingerprint density at radius 2 is 1.81 bits per heavy atom. The summed E-state index contributed by atoms with van der Waals surface area (Å²) in [5, 5.41) is 0. The average Bonchev–Trinajstić information content (AvgIpc) is 2.77. The summed E-state index contributed by atoms with van der Waals surface area (Å²) in [7, 11) is 0. The Hall–Kier alpha value is -2.89. The lowest BCUT2D eigenvalue weighted by atomic mass is 9.87. The van der Waals surface area contributed by atoms with Gasteiger partial charge in [0.1, 0.15) is 11.6 Å². The molecular weight excluding hydrogens is 407 g/mol. The first-order valence-corrected chi connectivity index (χ1v) is 11.4.